The molecule has 4 rings (SSSR count). The number of rotatable bonds is 7. The van der Waals surface area contributed by atoms with Crippen LogP contribution >= 0.6 is 0 Å². The average molecular weight is 418 g/mol. The summed E-state index contributed by atoms with van der Waals surface area (Å²) in [6, 6.07) is 5.97. The average Bonchev–Trinajstić information content (AvgIpc) is 3.25. The van der Waals surface area contributed by atoms with Crippen LogP contribution in [-0.4, -0.2) is 58.1 Å². The predicted octanol–water partition coefficient (Wildman–Crippen LogP) is 4.59. The van der Waals surface area contributed by atoms with Crippen LogP contribution in [0.4, 0.5) is 11.5 Å². The number of aliphatic imine (C=N–C) groups is 1. The standard InChI is InChI=1S/C24H31N7/c1-6-17-14-18(21(25)20-15(2)16(3)27-22(17)20)28-23-19-10-7-8-13-31(19)29-24(23)26-11-9-12-30(4)5/h7-8,10,13-14,25,27H,6,9,11-12H2,1-5H3,(H,26,29)/b25-21?,28-18+. The van der Waals surface area contributed by atoms with E-state index >= 15 is 0 Å². The molecular formula is C24H31N7. The van der Waals surface area contributed by atoms with Crippen molar-refractivity contribution in [1.29, 1.82) is 5.41 Å². The molecule has 1 aliphatic rings. The van der Waals surface area contributed by atoms with E-state index in [2.05, 4.69) is 50.1 Å². The predicted molar refractivity (Wildman–Crippen MR) is 129 cm³/mol. The topological polar surface area (TPSA) is 84.6 Å². The normalized spacial score (nSPS) is 15.1. The molecule has 0 saturated carbocycles. The van der Waals surface area contributed by atoms with Gasteiger partial charge in [-0.05, 0) is 76.7 Å². The molecule has 0 atom stereocenters. The first kappa shape index (κ1) is 21.1. The van der Waals surface area contributed by atoms with Gasteiger partial charge in [0.05, 0.1) is 22.6 Å². The van der Waals surface area contributed by atoms with E-state index in [-0.39, 0.29) is 0 Å². The van der Waals surface area contributed by atoms with Gasteiger partial charge in [0.25, 0.3) is 0 Å². The first-order valence-electron chi connectivity index (χ1n) is 10.8. The number of fused-ring (bicyclic) bond motifs is 2. The highest BCUT2D eigenvalue weighted by atomic mass is 15.3. The summed E-state index contributed by atoms with van der Waals surface area (Å²) in [4.78, 5) is 10.6. The summed E-state index contributed by atoms with van der Waals surface area (Å²) in [7, 11) is 4.15. The number of H-pyrrole nitrogens is 1. The SMILES string of the molecule is CCC1=C/C(=N\c2c(NCCCN(C)C)nn3ccccc23)C(=N)c2c1[nH]c(C)c2C. The second-order valence-electron chi connectivity index (χ2n) is 8.33. The summed E-state index contributed by atoms with van der Waals surface area (Å²) < 4.78 is 1.85. The molecule has 0 amide bonds. The van der Waals surface area contributed by atoms with Crippen LogP contribution < -0.4 is 5.32 Å². The number of hydrogen-bond donors (Lipinski definition) is 3. The summed E-state index contributed by atoms with van der Waals surface area (Å²) in [5.41, 5.74) is 8.28. The highest BCUT2D eigenvalue weighted by molar-refractivity contribution is 6.54. The molecule has 7 heteroatoms. The zero-order valence-corrected chi connectivity index (χ0v) is 19.0. The number of aromatic nitrogens is 3. The number of hydrogen-bond acceptors (Lipinski definition) is 5. The Hall–Kier alpha value is -3.19. The molecule has 0 bridgehead atoms. The summed E-state index contributed by atoms with van der Waals surface area (Å²) in [5.74, 6) is 0.754. The molecule has 1 aliphatic carbocycles. The van der Waals surface area contributed by atoms with E-state index in [1.165, 1.54) is 5.57 Å². The van der Waals surface area contributed by atoms with Gasteiger partial charge >= 0.3 is 0 Å². The molecule has 31 heavy (non-hydrogen) atoms. The minimum atomic E-state index is 0.461. The Morgan fingerprint density at radius 3 is 2.81 bits per heavy atom. The van der Waals surface area contributed by atoms with Crippen LogP contribution in [0.15, 0.2) is 35.5 Å². The monoisotopic (exact) mass is 417 g/mol. The van der Waals surface area contributed by atoms with Gasteiger partial charge < -0.3 is 15.2 Å². The lowest BCUT2D eigenvalue weighted by atomic mass is 9.90. The number of nitrogens with one attached hydrogen (secondary N) is 3. The minimum Gasteiger partial charge on any atom is -0.367 e. The van der Waals surface area contributed by atoms with Crippen LogP contribution in [0.3, 0.4) is 0 Å². The molecule has 0 fully saturated rings. The van der Waals surface area contributed by atoms with Crippen LogP contribution in [0.25, 0.3) is 11.1 Å². The molecule has 7 nitrogen and oxygen atoms in total. The zero-order chi connectivity index (χ0) is 22.1. The van der Waals surface area contributed by atoms with Crippen molar-refractivity contribution in [2.24, 2.45) is 4.99 Å². The summed E-state index contributed by atoms with van der Waals surface area (Å²) in [6.07, 6.45) is 5.87. The molecule has 0 unspecified atom stereocenters. The second-order valence-corrected chi connectivity index (χ2v) is 8.33. The van der Waals surface area contributed by atoms with Crippen molar-refractivity contribution >= 4 is 34.0 Å². The highest BCUT2D eigenvalue weighted by Gasteiger charge is 2.26. The van der Waals surface area contributed by atoms with E-state index in [1.54, 1.807) is 0 Å². The van der Waals surface area contributed by atoms with Crippen molar-refractivity contribution in [2.75, 3.05) is 32.5 Å². The summed E-state index contributed by atoms with van der Waals surface area (Å²) >= 11 is 0. The Bertz CT molecular complexity index is 1190. The molecule has 0 radical (unpaired) electrons. The maximum atomic E-state index is 8.89. The van der Waals surface area contributed by atoms with E-state index in [4.69, 9.17) is 15.5 Å². The third-order valence-electron chi connectivity index (χ3n) is 5.84. The smallest absolute Gasteiger partial charge is 0.175 e. The van der Waals surface area contributed by atoms with Gasteiger partial charge in [0.15, 0.2) is 5.82 Å². The van der Waals surface area contributed by atoms with Crippen molar-refractivity contribution in [3.63, 3.8) is 0 Å². The van der Waals surface area contributed by atoms with Crippen molar-refractivity contribution in [2.45, 2.75) is 33.6 Å². The van der Waals surface area contributed by atoms with E-state index in [0.29, 0.717) is 11.4 Å². The summed E-state index contributed by atoms with van der Waals surface area (Å²) in [5, 5.41) is 17.1. The van der Waals surface area contributed by atoms with Crippen LogP contribution in [0, 0.1) is 19.3 Å². The van der Waals surface area contributed by atoms with Gasteiger partial charge in [-0.25, -0.2) is 9.51 Å². The van der Waals surface area contributed by atoms with Crippen molar-refractivity contribution in [3.8, 4) is 0 Å². The second kappa shape index (κ2) is 8.51. The maximum Gasteiger partial charge on any atom is 0.175 e. The zero-order valence-electron chi connectivity index (χ0n) is 19.0. The Balaban J connectivity index is 1.77. The Morgan fingerprint density at radius 2 is 2.06 bits per heavy atom. The number of nitrogens with zero attached hydrogens (tertiary/aromatic N) is 4. The van der Waals surface area contributed by atoms with E-state index in [0.717, 1.165) is 65.5 Å². The fourth-order valence-corrected chi connectivity index (χ4v) is 4.01. The Morgan fingerprint density at radius 1 is 1.26 bits per heavy atom. The van der Waals surface area contributed by atoms with Gasteiger partial charge in [-0.3, -0.25) is 5.41 Å². The molecule has 3 aromatic rings. The first-order chi connectivity index (χ1) is 14.9. The number of anilines is 1. The van der Waals surface area contributed by atoms with Crippen LogP contribution in [0.1, 0.15) is 42.3 Å². The molecule has 0 saturated heterocycles. The first-order valence-corrected chi connectivity index (χ1v) is 10.8. The van der Waals surface area contributed by atoms with Gasteiger partial charge in [0.2, 0.25) is 0 Å². The van der Waals surface area contributed by atoms with E-state index in [9.17, 15) is 0 Å². The van der Waals surface area contributed by atoms with Crippen LogP contribution in [-0.2, 0) is 0 Å². The van der Waals surface area contributed by atoms with Crippen molar-refractivity contribution in [1.82, 2.24) is 19.5 Å². The van der Waals surface area contributed by atoms with Gasteiger partial charge in [-0.2, -0.15) is 0 Å². The minimum absolute atomic E-state index is 0.461. The molecule has 162 valence electrons. The molecule has 0 aliphatic heterocycles. The molecule has 3 heterocycles. The van der Waals surface area contributed by atoms with Gasteiger partial charge in [0.1, 0.15) is 5.69 Å². The number of pyridine rings is 1. The van der Waals surface area contributed by atoms with Crippen LogP contribution in [0.5, 0.6) is 0 Å². The largest absolute Gasteiger partial charge is 0.367 e. The van der Waals surface area contributed by atoms with Gasteiger partial charge in [0, 0.05) is 24.0 Å². The Kier molecular flexibility index (Phi) is 5.78. The molecular weight excluding hydrogens is 386 g/mol. The number of aromatic amines is 1. The lowest BCUT2D eigenvalue weighted by molar-refractivity contribution is 0.405. The third-order valence-corrected chi connectivity index (χ3v) is 5.84. The van der Waals surface area contributed by atoms with Crippen molar-refractivity contribution < 1.29 is 0 Å². The number of aryl methyl sites for hydroxylation is 1. The quantitative estimate of drug-likeness (QED) is 0.492. The lowest BCUT2D eigenvalue weighted by Gasteiger charge is -2.16. The third kappa shape index (κ3) is 3.93. The van der Waals surface area contributed by atoms with Crippen molar-refractivity contribution in [3.05, 3.63) is 53.0 Å². The highest BCUT2D eigenvalue weighted by Crippen LogP contribution is 2.34. The molecule has 0 spiro atoms. The lowest BCUT2D eigenvalue weighted by Crippen LogP contribution is -2.19. The van der Waals surface area contributed by atoms with E-state index < -0.39 is 0 Å². The number of allylic oxidation sites excluding steroid dienone is 2. The van der Waals surface area contributed by atoms with E-state index in [1.807, 2.05) is 35.0 Å². The molecule has 0 aromatic carbocycles. The molecule has 3 aromatic heterocycles. The van der Waals surface area contributed by atoms with Crippen LogP contribution in [0.2, 0.25) is 0 Å². The van der Waals surface area contributed by atoms with Gasteiger partial charge in [-0.15, -0.1) is 5.10 Å². The maximum absolute atomic E-state index is 8.89. The fourth-order valence-electron chi connectivity index (χ4n) is 4.01. The summed E-state index contributed by atoms with van der Waals surface area (Å²) in [6.45, 7) is 8.09. The fraction of sp³-hybridized carbons (Fsp3) is 0.375. The molecule has 3 N–H and O–H groups in total. The Labute approximate surface area is 183 Å². The van der Waals surface area contributed by atoms with Gasteiger partial charge in [-0.1, -0.05) is 13.0 Å².